The van der Waals surface area contributed by atoms with Crippen LogP contribution in [-0.4, -0.2) is 30.3 Å². The number of para-hydroxylation sites is 1. The van der Waals surface area contributed by atoms with Crippen LogP contribution in [0.15, 0.2) is 18.2 Å². The summed E-state index contributed by atoms with van der Waals surface area (Å²) in [5.74, 6) is -0.468. The second kappa shape index (κ2) is 5.15. The summed E-state index contributed by atoms with van der Waals surface area (Å²) >= 11 is 0. The lowest BCUT2D eigenvalue weighted by atomic mass is 9.98. The van der Waals surface area contributed by atoms with Crippen LogP contribution in [0.3, 0.4) is 0 Å². The van der Waals surface area contributed by atoms with Gasteiger partial charge in [0.2, 0.25) is 0 Å². The Balaban J connectivity index is 2.27. The third kappa shape index (κ3) is 2.92. The van der Waals surface area contributed by atoms with Crippen molar-refractivity contribution in [1.82, 2.24) is 0 Å². The minimum atomic E-state index is -1.04. The standard InChI is InChI=1S/C15H19NO4/c1-15(2,3)9-20-13(17)11-6-4-5-10-7-8-16(12(10)11)14(18)19/h4-6H,7-9H2,1-3H3,(H,18,19). The zero-order valence-electron chi connectivity index (χ0n) is 12.0. The highest BCUT2D eigenvalue weighted by Crippen LogP contribution is 2.32. The van der Waals surface area contributed by atoms with Crippen LogP contribution in [0, 0.1) is 5.41 Å². The molecule has 1 heterocycles. The number of carbonyl (C=O) groups is 2. The number of hydrogen-bond acceptors (Lipinski definition) is 3. The van der Waals surface area contributed by atoms with Gasteiger partial charge in [0.15, 0.2) is 0 Å². The van der Waals surface area contributed by atoms with E-state index in [1.54, 1.807) is 12.1 Å². The van der Waals surface area contributed by atoms with Crippen LogP contribution in [0.1, 0.15) is 36.7 Å². The number of anilines is 1. The Hall–Kier alpha value is -2.04. The van der Waals surface area contributed by atoms with E-state index in [-0.39, 0.29) is 5.41 Å². The predicted molar refractivity (Wildman–Crippen MR) is 75.3 cm³/mol. The molecular weight excluding hydrogens is 258 g/mol. The lowest BCUT2D eigenvalue weighted by Gasteiger charge is -2.20. The normalized spacial score (nSPS) is 14.1. The van der Waals surface area contributed by atoms with Crippen molar-refractivity contribution in [2.45, 2.75) is 27.2 Å². The van der Waals surface area contributed by atoms with Gasteiger partial charge in [0.1, 0.15) is 0 Å². The van der Waals surface area contributed by atoms with E-state index < -0.39 is 12.1 Å². The molecule has 0 bridgehead atoms. The molecule has 1 aromatic rings. The van der Waals surface area contributed by atoms with Gasteiger partial charge in [0.25, 0.3) is 0 Å². The quantitative estimate of drug-likeness (QED) is 0.844. The number of carboxylic acid groups (broad SMARTS) is 1. The Morgan fingerprint density at radius 2 is 2.05 bits per heavy atom. The molecule has 1 aromatic carbocycles. The third-order valence-electron chi connectivity index (χ3n) is 3.08. The number of fused-ring (bicyclic) bond motifs is 1. The Labute approximate surface area is 118 Å². The van der Waals surface area contributed by atoms with Crippen molar-refractivity contribution in [3.05, 3.63) is 29.3 Å². The van der Waals surface area contributed by atoms with Crippen molar-refractivity contribution < 1.29 is 19.4 Å². The maximum Gasteiger partial charge on any atom is 0.411 e. The van der Waals surface area contributed by atoms with Gasteiger partial charge in [0, 0.05) is 6.54 Å². The van der Waals surface area contributed by atoms with Crippen molar-refractivity contribution >= 4 is 17.7 Å². The summed E-state index contributed by atoms with van der Waals surface area (Å²) in [7, 11) is 0. The summed E-state index contributed by atoms with van der Waals surface area (Å²) in [5.41, 5.74) is 1.54. The second-order valence-electron chi connectivity index (χ2n) is 6.13. The highest BCUT2D eigenvalue weighted by Gasteiger charge is 2.30. The molecule has 0 fully saturated rings. The van der Waals surface area contributed by atoms with Crippen molar-refractivity contribution in [3.8, 4) is 0 Å². The molecule has 0 unspecified atom stereocenters. The summed E-state index contributed by atoms with van der Waals surface area (Å²) < 4.78 is 5.29. The first-order chi connectivity index (χ1) is 9.29. The fraction of sp³-hybridized carbons (Fsp3) is 0.467. The summed E-state index contributed by atoms with van der Waals surface area (Å²) in [6.07, 6.45) is -0.415. The maximum atomic E-state index is 12.2. The second-order valence-corrected chi connectivity index (χ2v) is 6.13. The first-order valence-electron chi connectivity index (χ1n) is 6.59. The van der Waals surface area contributed by atoms with E-state index >= 15 is 0 Å². The SMILES string of the molecule is CC(C)(C)COC(=O)c1cccc2c1N(C(=O)O)CC2. The zero-order valence-corrected chi connectivity index (χ0v) is 12.0. The fourth-order valence-electron chi connectivity index (χ4n) is 2.17. The molecule has 0 saturated heterocycles. The molecule has 1 N–H and O–H groups in total. The van der Waals surface area contributed by atoms with Gasteiger partial charge in [-0.05, 0) is 23.5 Å². The van der Waals surface area contributed by atoms with Gasteiger partial charge in [-0.25, -0.2) is 9.59 Å². The molecule has 5 heteroatoms. The minimum Gasteiger partial charge on any atom is -0.465 e. The number of ether oxygens (including phenoxy) is 1. The first kappa shape index (κ1) is 14.4. The fourth-order valence-corrected chi connectivity index (χ4v) is 2.17. The van der Waals surface area contributed by atoms with Gasteiger partial charge in [-0.15, -0.1) is 0 Å². The van der Waals surface area contributed by atoms with Crippen molar-refractivity contribution in [3.63, 3.8) is 0 Å². The van der Waals surface area contributed by atoms with Crippen LogP contribution in [0.2, 0.25) is 0 Å². The molecule has 2 rings (SSSR count). The highest BCUT2D eigenvalue weighted by molar-refractivity contribution is 6.02. The van der Waals surface area contributed by atoms with Crippen LogP contribution >= 0.6 is 0 Å². The molecular formula is C15H19NO4. The van der Waals surface area contributed by atoms with Gasteiger partial charge >= 0.3 is 12.1 Å². The Kier molecular flexibility index (Phi) is 3.70. The summed E-state index contributed by atoms with van der Waals surface area (Å²) in [6, 6.07) is 5.22. The summed E-state index contributed by atoms with van der Waals surface area (Å²) in [5, 5.41) is 9.20. The molecule has 5 nitrogen and oxygen atoms in total. The monoisotopic (exact) mass is 277 g/mol. The predicted octanol–water partition coefficient (Wildman–Crippen LogP) is 2.93. The number of benzene rings is 1. The number of esters is 1. The Morgan fingerprint density at radius 1 is 1.35 bits per heavy atom. The van der Waals surface area contributed by atoms with Crippen LogP contribution < -0.4 is 4.90 Å². The molecule has 0 aromatic heterocycles. The largest absolute Gasteiger partial charge is 0.465 e. The minimum absolute atomic E-state index is 0.125. The van der Waals surface area contributed by atoms with Crippen LogP contribution in [0.5, 0.6) is 0 Å². The highest BCUT2D eigenvalue weighted by atomic mass is 16.5. The maximum absolute atomic E-state index is 12.2. The zero-order chi connectivity index (χ0) is 14.9. The van der Waals surface area contributed by atoms with Crippen molar-refractivity contribution in [2.75, 3.05) is 18.1 Å². The van der Waals surface area contributed by atoms with Gasteiger partial charge in [0.05, 0.1) is 17.9 Å². The van der Waals surface area contributed by atoms with Crippen molar-refractivity contribution in [2.24, 2.45) is 5.41 Å². The number of hydrogen-bond donors (Lipinski definition) is 1. The van der Waals surface area contributed by atoms with Crippen LogP contribution in [0.4, 0.5) is 10.5 Å². The average Bonchev–Trinajstić information content (AvgIpc) is 2.78. The van der Waals surface area contributed by atoms with E-state index in [0.717, 1.165) is 5.56 Å². The van der Waals surface area contributed by atoms with E-state index in [4.69, 9.17) is 4.74 Å². The molecule has 0 atom stereocenters. The first-order valence-corrected chi connectivity index (χ1v) is 6.59. The van der Waals surface area contributed by atoms with E-state index in [2.05, 4.69) is 0 Å². The summed E-state index contributed by atoms with van der Waals surface area (Å²) in [4.78, 5) is 24.6. The van der Waals surface area contributed by atoms with E-state index in [1.807, 2.05) is 26.8 Å². The summed E-state index contributed by atoms with van der Waals surface area (Å²) in [6.45, 7) is 6.59. The van der Waals surface area contributed by atoms with Gasteiger partial charge < -0.3 is 9.84 Å². The molecule has 1 aliphatic heterocycles. The number of amides is 1. The molecule has 108 valence electrons. The topological polar surface area (TPSA) is 66.8 Å². The number of carbonyl (C=O) groups excluding carboxylic acids is 1. The molecule has 0 aliphatic carbocycles. The lowest BCUT2D eigenvalue weighted by Crippen LogP contribution is -2.28. The Bertz CT molecular complexity index is 545. The van der Waals surface area contributed by atoms with Gasteiger partial charge in [-0.2, -0.15) is 0 Å². The molecule has 0 radical (unpaired) electrons. The number of rotatable bonds is 2. The van der Waals surface area contributed by atoms with Gasteiger partial charge in [-0.1, -0.05) is 32.9 Å². The Morgan fingerprint density at radius 3 is 2.65 bits per heavy atom. The average molecular weight is 277 g/mol. The molecule has 1 amide bonds. The van der Waals surface area contributed by atoms with Crippen LogP contribution in [0.25, 0.3) is 0 Å². The van der Waals surface area contributed by atoms with E-state index in [1.165, 1.54) is 4.90 Å². The third-order valence-corrected chi connectivity index (χ3v) is 3.08. The molecule has 0 saturated carbocycles. The van der Waals surface area contributed by atoms with E-state index in [0.29, 0.717) is 30.8 Å². The van der Waals surface area contributed by atoms with E-state index in [9.17, 15) is 14.7 Å². The molecule has 0 spiro atoms. The smallest absolute Gasteiger partial charge is 0.411 e. The van der Waals surface area contributed by atoms with Crippen LogP contribution in [-0.2, 0) is 11.2 Å². The molecule has 1 aliphatic rings. The lowest BCUT2D eigenvalue weighted by molar-refractivity contribution is 0.0368. The number of nitrogens with zero attached hydrogens (tertiary/aromatic N) is 1. The molecule has 20 heavy (non-hydrogen) atoms. The van der Waals surface area contributed by atoms with Gasteiger partial charge in [-0.3, -0.25) is 4.90 Å². The van der Waals surface area contributed by atoms with Crippen molar-refractivity contribution in [1.29, 1.82) is 0 Å².